The van der Waals surface area contributed by atoms with E-state index in [-0.39, 0.29) is 11.4 Å². The fourth-order valence-electron chi connectivity index (χ4n) is 2.80. The van der Waals surface area contributed by atoms with Crippen LogP contribution in [0, 0.1) is 17.3 Å². The molecular formula is C12H21NO2. The van der Waals surface area contributed by atoms with Crippen LogP contribution < -0.4 is 5.73 Å². The summed E-state index contributed by atoms with van der Waals surface area (Å²) in [4.78, 5) is 11.9. The zero-order chi connectivity index (χ0) is 10.9. The molecule has 2 aliphatic carbocycles. The van der Waals surface area contributed by atoms with Gasteiger partial charge in [0.25, 0.3) is 0 Å². The highest BCUT2D eigenvalue weighted by atomic mass is 16.5. The third kappa shape index (κ3) is 1.89. The van der Waals surface area contributed by atoms with Crippen molar-refractivity contribution in [2.24, 2.45) is 23.0 Å². The molecule has 1 atom stereocenters. The summed E-state index contributed by atoms with van der Waals surface area (Å²) >= 11 is 0. The third-order valence-corrected chi connectivity index (χ3v) is 4.19. The Morgan fingerprint density at radius 1 is 1.40 bits per heavy atom. The fourth-order valence-corrected chi connectivity index (χ4v) is 2.80. The molecule has 1 unspecified atom stereocenters. The number of rotatable bonds is 5. The molecule has 0 saturated heterocycles. The number of carbonyl (C=O) groups excluding carboxylic acids is 1. The molecule has 86 valence electrons. The van der Waals surface area contributed by atoms with E-state index in [9.17, 15) is 4.79 Å². The molecule has 15 heavy (non-hydrogen) atoms. The molecule has 0 aromatic carbocycles. The number of hydrogen-bond acceptors (Lipinski definition) is 3. The van der Waals surface area contributed by atoms with Gasteiger partial charge in [-0.05, 0) is 31.1 Å². The zero-order valence-corrected chi connectivity index (χ0v) is 9.50. The molecule has 0 aliphatic heterocycles. The smallest absolute Gasteiger partial charge is 0.313 e. The molecule has 0 radical (unpaired) electrons. The van der Waals surface area contributed by atoms with Crippen LogP contribution >= 0.6 is 0 Å². The molecule has 2 N–H and O–H groups in total. The van der Waals surface area contributed by atoms with Crippen LogP contribution in [0.4, 0.5) is 0 Å². The van der Waals surface area contributed by atoms with Gasteiger partial charge >= 0.3 is 5.97 Å². The summed E-state index contributed by atoms with van der Waals surface area (Å²) in [6.45, 7) is 0.459. The minimum Gasteiger partial charge on any atom is -0.469 e. The first-order chi connectivity index (χ1) is 7.23. The summed E-state index contributed by atoms with van der Waals surface area (Å²) < 4.78 is 4.96. The summed E-state index contributed by atoms with van der Waals surface area (Å²) in [6, 6.07) is 0. The lowest BCUT2D eigenvalue weighted by Crippen LogP contribution is -2.44. The quantitative estimate of drug-likeness (QED) is 0.704. The first-order valence-electron chi connectivity index (χ1n) is 6.01. The summed E-state index contributed by atoms with van der Waals surface area (Å²) in [5, 5.41) is 0. The molecular weight excluding hydrogens is 190 g/mol. The van der Waals surface area contributed by atoms with Gasteiger partial charge in [0, 0.05) is 6.54 Å². The molecule has 0 aromatic heterocycles. The Hall–Kier alpha value is -0.570. The molecule has 0 heterocycles. The van der Waals surface area contributed by atoms with E-state index in [0.29, 0.717) is 18.4 Å². The largest absolute Gasteiger partial charge is 0.469 e. The van der Waals surface area contributed by atoms with E-state index in [0.717, 1.165) is 19.3 Å². The van der Waals surface area contributed by atoms with Crippen molar-refractivity contribution >= 4 is 5.97 Å². The highest BCUT2D eigenvalue weighted by Gasteiger charge is 2.52. The van der Waals surface area contributed by atoms with Crippen LogP contribution in [0.15, 0.2) is 0 Å². The predicted octanol–water partition coefficient (Wildman–Crippen LogP) is 1.70. The Kier molecular flexibility index (Phi) is 3.01. The number of hydrogen-bond donors (Lipinski definition) is 1. The summed E-state index contributed by atoms with van der Waals surface area (Å²) in [5.74, 6) is 1.14. The lowest BCUT2D eigenvalue weighted by atomic mass is 9.69. The predicted molar refractivity (Wildman–Crippen MR) is 58.2 cm³/mol. The van der Waals surface area contributed by atoms with Crippen LogP contribution in [-0.4, -0.2) is 19.6 Å². The van der Waals surface area contributed by atoms with E-state index < -0.39 is 0 Å². The number of methoxy groups -OCH3 is 1. The highest BCUT2D eigenvalue weighted by Crippen LogP contribution is 2.51. The van der Waals surface area contributed by atoms with E-state index in [1.807, 2.05) is 0 Å². The number of carbonyl (C=O) groups is 1. The number of nitrogens with two attached hydrogens (primary N) is 1. The summed E-state index contributed by atoms with van der Waals surface area (Å²) in [7, 11) is 1.48. The van der Waals surface area contributed by atoms with Crippen molar-refractivity contribution in [3.63, 3.8) is 0 Å². The van der Waals surface area contributed by atoms with Gasteiger partial charge in [-0.2, -0.15) is 0 Å². The molecule has 0 spiro atoms. The zero-order valence-electron chi connectivity index (χ0n) is 9.50. The molecule has 2 saturated carbocycles. The molecule has 0 bridgehead atoms. The average molecular weight is 211 g/mol. The van der Waals surface area contributed by atoms with Crippen molar-refractivity contribution in [3.05, 3.63) is 0 Å². The molecule has 2 rings (SSSR count). The van der Waals surface area contributed by atoms with Gasteiger partial charge in [0.15, 0.2) is 0 Å². The van der Waals surface area contributed by atoms with Crippen molar-refractivity contribution in [2.75, 3.05) is 13.7 Å². The van der Waals surface area contributed by atoms with Crippen LogP contribution in [0.5, 0.6) is 0 Å². The minimum atomic E-state index is -0.347. The summed E-state index contributed by atoms with van der Waals surface area (Å²) in [6.07, 6.45) is 7.12. The Balaban J connectivity index is 2.07. The van der Waals surface area contributed by atoms with Gasteiger partial charge in [0.05, 0.1) is 12.5 Å². The second-order valence-electron chi connectivity index (χ2n) is 5.13. The van der Waals surface area contributed by atoms with Crippen molar-refractivity contribution in [1.29, 1.82) is 0 Å². The van der Waals surface area contributed by atoms with Gasteiger partial charge in [-0.1, -0.05) is 19.3 Å². The molecule has 0 aromatic rings. The van der Waals surface area contributed by atoms with Gasteiger partial charge in [-0.3, -0.25) is 4.79 Å². The number of ether oxygens (including phenoxy) is 1. The third-order valence-electron chi connectivity index (χ3n) is 4.19. The Bertz CT molecular complexity index is 246. The van der Waals surface area contributed by atoms with Crippen LogP contribution in [0.3, 0.4) is 0 Å². The minimum absolute atomic E-state index is 0.0700. The maximum atomic E-state index is 11.9. The van der Waals surface area contributed by atoms with Crippen LogP contribution in [0.2, 0.25) is 0 Å². The van der Waals surface area contributed by atoms with Gasteiger partial charge in [-0.15, -0.1) is 0 Å². The van der Waals surface area contributed by atoms with Crippen molar-refractivity contribution in [3.8, 4) is 0 Å². The van der Waals surface area contributed by atoms with E-state index in [2.05, 4.69) is 0 Å². The lowest BCUT2D eigenvalue weighted by molar-refractivity contribution is -0.155. The molecule has 2 fully saturated rings. The van der Waals surface area contributed by atoms with Crippen LogP contribution in [0.1, 0.15) is 38.5 Å². The molecule has 3 nitrogen and oxygen atoms in total. The SMILES string of the molecule is COC(=O)C(CN)(CC1CCC1)C1CC1. The van der Waals surface area contributed by atoms with E-state index >= 15 is 0 Å². The highest BCUT2D eigenvalue weighted by molar-refractivity contribution is 5.78. The molecule has 2 aliphatic rings. The van der Waals surface area contributed by atoms with E-state index in [4.69, 9.17) is 10.5 Å². The maximum absolute atomic E-state index is 11.9. The van der Waals surface area contributed by atoms with Gasteiger partial charge < -0.3 is 10.5 Å². The van der Waals surface area contributed by atoms with Crippen molar-refractivity contribution in [2.45, 2.75) is 38.5 Å². The average Bonchev–Trinajstić information content (AvgIpc) is 3.00. The Labute approximate surface area is 91.4 Å². The maximum Gasteiger partial charge on any atom is 0.313 e. The fraction of sp³-hybridized carbons (Fsp3) is 0.917. The van der Waals surface area contributed by atoms with Crippen LogP contribution in [0.25, 0.3) is 0 Å². The lowest BCUT2D eigenvalue weighted by Gasteiger charge is -2.37. The first-order valence-corrected chi connectivity index (χ1v) is 6.01. The van der Waals surface area contributed by atoms with Gasteiger partial charge in [0.2, 0.25) is 0 Å². The monoisotopic (exact) mass is 211 g/mol. The van der Waals surface area contributed by atoms with Crippen molar-refractivity contribution in [1.82, 2.24) is 0 Å². The second-order valence-corrected chi connectivity index (χ2v) is 5.13. The summed E-state index contributed by atoms with van der Waals surface area (Å²) in [5.41, 5.74) is 5.50. The van der Waals surface area contributed by atoms with E-state index in [1.54, 1.807) is 0 Å². The van der Waals surface area contributed by atoms with Crippen LogP contribution in [-0.2, 0) is 9.53 Å². The van der Waals surface area contributed by atoms with Gasteiger partial charge in [0.1, 0.15) is 0 Å². The first kappa shape index (κ1) is 10.9. The second kappa shape index (κ2) is 4.12. The Morgan fingerprint density at radius 2 is 2.07 bits per heavy atom. The standard InChI is InChI=1S/C12H21NO2/c1-15-11(14)12(8-13,10-5-6-10)7-9-3-2-4-9/h9-10H,2-8,13H2,1H3. The number of esters is 1. The van der Waals surface area contributed by atoms with E-state index in [1.165, 1.54) is 26.4 Å². The van der Waals surface area contributed by atoms with Gasteiger partial charge in [-0.25, -0.2) is 0 Å². The molecule has 0 amide bonds. The normalized spacial score (nSPS) is 25.5. The molecule has 3 heteroatoms. The topological polar surface area (TPSA) is 52.3 Å². The van der Waals surface area contributed by atoms with Crippen molar-refractivity contribution < 1.29 is 9.53 Å². The Morgan fingerprint density at radius 3 is 2.40 bits per heavy atom.